The molecule has 0 aliphatic carbocycles. The highest BCUT2D eigenvalue weighted by Crippen LogP contribution is 2.34. The Hall–Kier alpha value is -0.110. The molecule has 0 radical (unpaired) electrons. The highest BCUT2D eigenvalue weighted by atomic mass is 79.9. The molecule has 1 atom stereocenters. The van der Waals surface area contributed by atoms with E-state index in [1.54, 1.807) is 0 Å². The third kappa shape index (κ3) is 3.73. The molecule has 1 unspecified atom stereocenters. The highest BCUT2D eigenvalue weighted by Gasteiger charge is 2.11. The van der Waals surface area contributed by atoms with Crippen LogP contribution >= 0.6 is 47.8 Å². The molecule has 1 rings (SSSR count). The van der Waals surface area contributed by atoms with Gasteiger partial charge in [-0.25, -0.2) is 0 Å². The molecular formula is C9H10Br3N3O. The Kier molecular flexibility index (Phi) is 5.23. The van der Waals surface area contributed by atoms with Crippen LogP contribution in [0.25, 0.3) is 0 Å². The number of anilines is 1. The largest absolute Gasteiger partial charge is 0.381 e. The van der Waals surface area contributed by atoms with Crippen LogP contribution in [0.3, 0.4) is 0 Å². The normalized spacial score (nSPS) is 12.2. The fraction of sp³-hybridized carbons (Fsp3) is 0.222. The molecule has 7 heteroatoms. The van der Waals surface area contributed by atoms with Gasteiger partial charge in [-0.1, -0.05) is 15.9 Å². The first kappa shape index (κ1) is 14.0. The molecule has 5 N–H and O–H groups in total. The number of benzene rings is 1. The first-order chi connectivity index (χ1) is 7.41. The number of amides is 1. The maximum absolute atomic E-state index is 10.8. The van der Waals surface area contributed by atoms with Crippen LogP contribution in [0.5, 0.6) is 0 Å². The van der Waals surface area contributed by atoms with E-state index in [0.29, 0.717) is 0 Å². The van der Waals surface area contributed by atoms with Crippen molar-refractivity contribution in [2.24, 2.45) is 11.5 Å². The number of carbonyl (C=O) groups is 1. The monoisotopic (exact) mass is 413 g/mol. The van der Waals surface area contributed by atoms with E-state index in [4.69, 9.17) is 11.5 Å². The first-order valence-electron chi connectivity index (χ1n) is 4.35. The summed E-state index contributed by atoms with van der Waals surface area (Å²) in [6.45, 7) is 0.286. The first-order valence-corrected chi connectivity index (χ1v) is 6.73. The van der Waals surface area contributed by atoms with E-state index >= 15 is 0 Å². The average molecular weight is 416 g/mol. The molecule has 88 valence electrons. The minimum atomic E-state index is -0.706. The molecule has 0 fully saturated rings. The van der Waals surface area contributed by atoms with E-state index in [9.17, 15) is 4.79 Å². The van der Waals surface area contributed by atoms with E-state index < -0.39 is 11.9 Å². The third-order valence-corrected chi connectivity index (χ3v) is 3.58. The quantitative estimate of drug-likeness (QED) is 0.705. The second-order valence-corrected chi connectivity index (χ2v) is 5.76. The van der Waals surface area contributed by atoms with Gasteiger partial charge in [0.1, 0.15) is 6.04 Å². The van der Waals surface area contributed by atoms with E-state index in [0.717, 1.165) is 19.1 Å². The van der Waals surface area contributed by atoms with Crippen molar-refractivity contribution < 1.29 is 4.79 Å². The molecular weight excluding hydrogens is 406 g/mol. The fourth-order valence-corrected chi connectivity index (χ4v) is 3.56. The van der Waals surface area contributed by atoms with Crippen LogP contribution in [0.4, 0.5) is 5.69 Å². The van der Waals surface area contributed by atoms with Crippen LogP contribution in [0.15, 0.2) is 25.6 Å². The summed E-state index contributed by atoms with van der Waals surface area (Å²) in [5.74, 6) is -0.531. The minimum absolute atomic E-state index is 0.286. The summed E-state index contributed by atoms with van der Waals surface area (Å²) in [7, 11) is 0. The molecule has 0 saturated heterocycles. The Balaban J connectivity index is 2.78. The summed E-state index contributed by atoms with van der Waals surface area (Å²) in [4.78, 5) is 10.8. The number of rotatable bonds is 4. The van der Waals surface area contributed by atoms with Gasteiger partial charge < -0.3 is 16.8 Å². The van der Waals surface area contributed by atoms with Crippen molar-refractivity contribution in [3.63, 3.8) is 0 Å². The molecule has 0 saturated carbocycles. The standard InChI is InChI=1S/C9H10Br3N3O/c10-4-1-5(11)8(6(12)2-4)15-3-7(13)9(14)16/h1-2,7,15H,3,13H2,(H2,14,16). The van der Waals surface area contributed by atoms with Gasteiger partial charge in [-0.15, -0.1) is 0 Å². The van der Waals surface area contributed by atoms with E-state index in [1.807, 2.05) is 12.1 Å². The predicted octanol–water partition coefficient (Wildman–Crippen LogP) is 2.20. The summed E-state index contributed by atoms with van der Waals surface area (Å²) < 4.78 is 2.67. The zero-order valence-electron chi connectivity index (χ0n) is 8.14. The molecule has 1 amide bonds. The van der Waals surface area contributed by atoms with Crippen molar-refractivity contribution >= 4 is 59.4 Å². The fourth-order valence-electron chi connectivity index (χ4n) is 1.02. The van der Waals surface area contributed by atoms with E-state index in [-0.39, 0.29) is 6.54 Å². The van der Waals surface area contributed by atoms with Crippen LogP contribution in [-0.2, 0) is 4.79 Å². The van der Waals surface area contributed by atoms with Gasteiger partial charge in [-0.2, -0.15) is 0 Å². The summed E-state index contributed by atoms with van der Waals surface area (Å²) in [5.41, 5.74) is 11.4. The lowest BCUT2D eigenvalue weighted by atomic mass is 10.2. The van der Waals surface area contributed by atoms with Crippen LogP contribution in [0.1, 0.15) is 0 Å². The van der Waals surface area contributed by atoms with E-state index in [1.165, 1.54) is 0 Å². The van der Waals surface area contributed by atoms with Crippen molar-refractivity contribution in [3.8, 4) is 0 Å². The molecule has 0 heterocycles. The molecule has 0 aromatic heterocycles. The molecule has 1 aromatic rings. The zero-order chi connectivity index (χ0) is 12.3. The number of hydrogen-bond donors (Lipinski definition) is 3. The Morgan fingerprint density at radius 2 is 1.81 bits per heavy atom. The smallest absolute Gasteiger partial charge is 0.236 e. The second kappa shape index (κ2) is 6.00. The second-order valence-electron chi connectivity index (χ2n) is 3.13. The van der Waals surface area contributed by atoms with Crippen LogP contribution in [-0.4, -0.2) is 18.5 Å². The lowest BCUT2D eigenvalue weighted by molar-refractivity contribution is -0.118. The van der Waals surface area contributed by atoms with Gasteiger partial charge in [-0.05, 0) is 44.0 Å². The van der Waals surface area contributed by atoms with Crippen LogP contribution in [0.2, 0.25) is 0 Å². The average Bonchev–Trinajstić information content (AvgIpc) is 2.15. The van der Waals surface area contributed by atoms with Gasteiger partial charge in [0.05, 0.1) is 5.69 Å². The summed E-state index contributed by atoms with van der Waals surface area (Å²) in [5, 5.41) is 3.05. The maximum atomic E-state index is 10.8. The van der Waals surface area contributed by atoms with Gasteiger partial charge in [-0.3, -0.25) is 4.79 Å². The van der Waals surface area contributed by atoms with Crippen molar-refractivity contribution in [3.05, 3.63) is 25.6 Å². The molecule has 1 aromatic carbocycles. The SMILES string of the molecule is NC(=O)C(N)CNc1c(Br)cc(Br)cc1Br. The van der Waals surface area contributed by atoms with Crippen molar-refractivity contribution in [1.82, 2.24) is 0 Å². The molecule has 0 aliphatic rings. The molecule has 0 bridgehead atoms. The van der Waals surface area contributed by atoms with Gasteiger partial charge in [0, 0.05) is 20.0 Å². The summed E-state index contributed by atoms with van der Waals surface area (Å²) in [6, 6.07) is 3.08. The van der Waals surface area contributed by atoms with Crippen LogP contribution in [0, 0.1) is 0 Å². The summed E-state index contributed by atoms with van der Waals surface area (Å²) in [6.07, 6.45) is 0. The lowest BCUT2D eigenvalue weighted by Gasteiger charge is -2.13. The van der Waals surface area contributed by atoms with Gasteiger partial charge in [0.2, 0.25) is 5.91 Å². The lowest BCUT2D eigenvalue weighted by Crippen LogP contribution is -2.41. The Morgan fingerprint density at radius 3 is 2.25 bits per heavy atom. The minimum Gasteiger partial charge on any atom is -0.381 e. The summed E-state index contributed by atoms with van der Waals surface area (Å²) >= 11 is 10.2. The van der Waals surface area contributed by atoms with E-state index in [2.05, 4.69) is 53.1 Å². The van der Waals surface area contributed by atoms with Gasteiger partial charge >= 0.3 is 0 Å². The van der Waals surface area contributed by atoms with Gasteiger partial charge in [0.25, 0.3) is 0 Å². The van der Waals surface area contributed by atoms with Crippen molar-refractivity contribution in [2.45, 2.75) is 6.04 Å². The molecule has 16 heavy (non-hydrogen) atoms. The van der Waals surface area contributed by atoms with Gasteiger partial charge in [0.15, 0.2) is 0 Å². The maximum Gasteiger partial charge on any atom is 0.236 e. The molecule has 0 spiro atoms. The molecule has 4 nitrogen and oxygen atoms in total. The third-order valence-electron chi connectivity index (χ3n) is 1.87. The number of carbonyl (C=O) groups excluding carboxylic acids is 1. The zero-order valence-corrected chi connectivity index (χ0v) is 12.9. The Labute approximate surface area is 119 Å². The van der Waals surface area contributed by atoms with Crippen molar-refractivity contribution in [2.75, 3.05) is 11.9 Å². The molecule has 0 aliphatic heterocycles. The Bertz CT molecular complexity index is 388. The topological polar surface area (TPSA) is 81.1 Å². The van der Waals surface area contributed by atoms with Crippen molar-refractivity contribution in [1.29, 1.82) is 0 Å². The number of halogens is 3. The number of nitrogens with one attached hydrogen (secondary N) is 1. The Morgan fingerprint density at radius 1 is 1.31 bits per heavy atom. The number of nitrogens with two attached hydrogens (primary N) is 2. The van der Waals surface area contributed by atoms with Crippen LogP contribution < -0.4 is 16.8 Å². The highest BCUT2D eigenvalue weighted by molar-refractivity contribution is 9.11. The predicted molar refractivity (Wildman–Crippen MR) is 75.2 cm³/mol. The number of primary amides is 1. The number of hydrogen-bond acceptors (Lipinski definition) is 3.